The molecule has 4 heterocycles. The van der Waals surface area contributed by atoms with Gasteiger partial charge in [0.1, 0.15) is 23.3 Å². The van der Waals surface area contributed by atoms with Gasteiger partial charge in [-0.05, 0) is 38.0 Å². The number of nitrogens with zero attached hydrogens (tertiary/aromatic N) is 7. The van der Waals surface area contributed by atoms with Crippen LogP contribution < -0.4 is 9.70 Å². The maximum atomic E-state index is 15.1. The number of morpholine rings is 1. The summed E-state index contributed by atoms with van der Waals surface area (Å²) in [6, 6.07) is 4.99. The van der Waals surface area contributed by atoms with Gasteiger partial charge in [0.15, 0.2) is 10.4 Å². The van der Waals surface area contributed by atoms with Crippen LogP contribution in [-0.4, -0.2) is 57.2 Å². The van der Waals surface area contributed by atoms with Gasteiger partial charge in [-0.15, -0.1) is 0 Å². The Morgan fingerprint density at radius 3 is 2.81 bits per heavy atom. The van der Waals surface area contributed by atoms with E-state index in [1.54, 1.807) is 23.7 Å². The highest BCUT2D eigenvalue weighted by molar-refractivity contribution is 7.16. The quantitative estimate of drug-likeness (QED) is 0.343. The molecule has 2 fully saturated rings. The summed E-state index contributed by atoms with van der Waals surface area (Å²) < 4.78 is 39.3. The van der Waals surface area contributed by atoms with Crippen molar-refractivity contribution in [2.45, 2.75) is 44.6 Å². The topological polar surface area (TPSA) is 73.4 Å². The number of aryl methyl sites for hydroxylation is 1. The number of hydrogen-bond acceptors (Lipinski definition) is 7. The minimum absolute atomic E-state index is 0.0914. The van der Waals surface area contributed by atoms with Crippen LogP contribution in [0.15, 0.2) is 35.6 Å². The average Bonchev–Trinajstić information content (AvgIpc) is 3.50. The van der Waals surface area contributed by atoms with Gasteiger partial charge in [0.25, 0.3) is 0 Å². The van der Waals surface area contributed by atoms with Crippen LogP contribution in [0.3, 0.4) is 0 Å². The van der Waals surface area contributed by atoms with Crippen molar-refractivity contribution in [3.05, 3.63) is 51.8 Å². The van der Waals surface area contributed by atoms with Gasteiger partial charge in [-0.25, -0.2) is 13.8 Å². The van der Waals surface area contributed by atoms with E-state index in [9.17, 15) is 4.39 Å². The fourth-order valence-electron chi connectivity index (χ4n) is 4.76. The van der Waals surface area contributed by atoms with Gasteiger partial charge < -0.3 is 9.64 Å². The van der Waals surface area contributed by atoms with Crippen molar-refractivity contribution < 1.29 is 13.5 Å². The molecule has 0 spiro atoms. The molecule has 37 heavy (non-hydrogen) atoms. The summed E-state index contributed by atoms with van der Waals surface area (Å²) >= 11 is 7.34. The number of hydrogen-bond donors (Lipinski definition) is 0. The van der Waals surface area contributed by atoms with Crippen LogP contribution in [0, 0.1) is 5.82 Å². The van der Waals surface area contributed by atoms with Crippen molar-refractivity contribution in [1.82, 2.24) is 24.3 Å². The van der Waals surface area contributed by atoms with Crippen molar-refractivity contribution in [1.29, 1.82) is 0 Å². The van der Waals surface area contributed by atoms with Gasteiger partial charge in [0, 0.05) is 35.9 Å². The summed E-state index contributed by atoms with van der Waals surface area (Å²) in [5, 5.41) is 4.82. The largest absolute Gasteiger partial charge is 0.367 e. The molecule has 0 bridgehead atoms. The Bertz CT molecular complexity index is 1530. The van der Waals surface area contributed by atoms with E-state index in [2.05, 4.69) is 16.3 Å². The number of rotatable bonds is 6. The number of fused-ring (bicyclic) bond motifs is 1. The first kappa shape index (κ1) is 24.4. The SMILES string of the molecule is CN=c1sc2c(-c3ccc(Cl)cc3F)nc(N3C[C@@H](c4cnn(C5CC5)c4)O[C@@H](C)C3)nc2n1CCF. The van der Waals surface area contributed by atoms with Crippen LogP contribution in [0.2, 0.25) is 5.02 Å². The molecule has 1 aliphatic carbocycles. The Balaban J connectivity index is 1.47. The van der Waals surface area contributed by atoms with Gasteiger partial charge in [-0.2, -0.15) is 10.1 Å². The molecular formula is C25H26ClF2N7OS. The molecular weight excluding hydrogens is 520 g/mol. The molecule has 0 N–H and O–H groups in total. The van der Waals surface area contributed by atoms with Crippen LogP contribution in [0.25, 0.3) is 21.6 Å². The second-order valence-electron chi connectivity index (χ2n) is 9.42. The Morgan fingerprint density at radius 2 is 2.08 bits per heavy atom. The van der Waals surface area contributed by atoms with Crippen LogP contribution in [-0.2, 0) is 11.3 Å². The minimum Gasteiger partial charge on any atom is -0.367 e. The molecule has 0 amide bonds. The fourth-order valence-corrected chi connectivity index (χ4v) is 5.98. The molecule has 2 atom stereocenters. The fraction of sp³-hybridized carbons (Fsp3) is 0.440. The Morgan fingerprint density at radius 1 is 1.24 bits per heavy atom. The van der Waals surface area contributed by atoms with Crippen molar-refractivity contribution in [3.63, 3.8) is 0 Å². The van der Waals surface area contributed by atoms with Gasteiger partial charge in [-0.3, -0.25) is 14.2 Å². The molecule has 194 valence electrons. The summed E-state index contributed by atoms with van der Waals surface area (Å²) in [5.41, 5.74) is 2.26. The van der Waals surface area contributed by atoms with Gasteiger partial charge >= 0.3 is 0 Å². The molecule has 6 rings (SSSR count). The van der Waals surface area contributed by atoms with E-state index in [4.69, 9.17) is 26.3 Å². The number of thiazole rings is 1. The zero-order valence-corrected chi connectivity index (χ0v) is 22.0. The van der Waals surface area contributed by atoms with Crippen LogP contribution in [0.1, 0.15) is 37.5 Å². The van der Waals surface area contributed by atoms with Gasteiger partial charge in [-0.1, -0.05) is 22.9 Å². The highest BCUT2D eigenvalue weighted by atomic mass is 35.5. The van der Waals surface area contributed by atoms with E-state index in [0.717, 1.165) is 18.4 Å². The monoisotopic (exact) mass is 545 g/mol. The second-order valence-corrected chi connectivity index (χ2v) is 10.8. The molecule has 0 radical (unpaired) electrons. The molecule has 1 saturated carbocycles. The zero-order chi connectivity index (χ0) is 25.7. The molecule has 4 aromatic rings. The first-order valence-electron chi connectivity index (χ1n) is 12.2. The Labute approximate surface area is 221 Å². The first-order chi connectivity index (χ1) is 17.9. The molecule has 1 saturated heterocycles. The van der Waals surface area contributed by atoms with E-state index < -0.39 is 12.5 Å². The third kappa shape index (κ3) is 4.64. The molecule has 12 heteroatoms. The number of anilines is 1. The number of halogens is 3. The molecule has 1 aliphatic heterocycles. The van der Waals surface area contributed by atoms with Gasteiger partial charge in [0.05, 0.1) is 37.1 Å². The van der Waals surface area contributed by atoms with E-state index >= 15 is 4.39 Å². The summed E-state index contributed by atoms with van der Waals surface area (Å²) in [5.74, 6) is -0.0563. The lowest BCUT2D eigenvalue weighted by Gasteiger charge is -2.36. The van der Waals surface area contributed by atoms with Crippen molar-refractivity contribution in [2.75, 3.05) is 31.7 Å². The Kier molecular flexibility index (Phi) is 6.46. The zero-order valence-electron chi connectivity index (χ0n) is 20.4. The number of ether oxygens (including phenoxy) is 1. The summed E-state index contributed by atoms with van der Waals surface area (Å²) in [6.45, 7) is 2.58. The molecule has 3 aromatic heterocycles. The summed E-state index contributed by atoms with van der Waals surface area (Å²) in [7, 11) is 1.65. The van der Waals surface area contributed by atoms with Crippen molar-refractivity contribution in [3.8, 4) is 11.3 Å². The molecule has 2 aliphatic rings. The first-order valence-corrected chi connectivity index (χ1v) is 13.4. The summed E-state index contributed by atoms with van der Waals surface area (Å²) in [6.07, 6.45) is 5.91. The lowest BCUT2D eigenvalue weighted by atomic mass is 10.1. The third-order valence-corrected chi connectivity index (χ3v) is 8.06. The molecule has 1 aromatic carbocycles. The van der Waals surface area contributed by atoms with E-state index in [-0.39, 0.29) is 18.8 Å². The standard InChI is InChI=1S/C25H26ClF2N7OS/c1-14-11-33(13-20(36-14)15-10-30-35(12-15)17-4-5-17)24-31-21(18-6-3-16(26)9-19(18)28)22-23(32-24)34(8-7-27)25(29-2)37-22/h3,6,9-10,12,14,17,20H,4-5,7-8,11,13H2,1-2H3/t14-,20-/m0/s1. The minimum atomic E-state index is -0.579. The van der Waals surface area contributed by atoms with Crippen molar-refractivity contribution >= 4 is 39.2 Å². The van der Waals surface area contributed by atoms with Gasteiger partial charge in [0.2, 0.25) is 5.95 Å². The number of benzene rings is 1. The number of alkyl halides is 1. The molecule has 0 unspecified atom stereocenters. The van der Waals surface area contributed by atoms with E-state index in [0.29, 0.717) is 56.5 Å². The number of aromatic nitrogens is 5. The highest BCUT2D eigenvalue weighted by Gasteiger charge is 2.32. The van der Waals surface area contributed by atoms with E-state index in [1.165, 1.54) is 17.4 Å². The normalized spacial score (nSPS) is 20.8. The average molecular weight is 546 g/mol. The van der Waals surface area contributed by atoms with Crippen LogP contribution >= 0.6 is 22.9 Å². The smallest absolute Gasteiger partial charge is 0.228 e. The Hall–Kier alpha value is -2.89. The summed E-state index contributed by atoms with van der Waals surface area (Å²) in [4.78, 5) is 16.7. The third-order valence-electron chi connectivity index (χ3n) is 6.66. The predicted octanol–water partition coefficient (Wildman–Crippen LogP) is 4.95. The maximum Gasteiger partial charge on any atom is 0.228 e. The maximum absolute atomic E-state index is 15.1. The second kappa shape index (κ2) is 9.77. The lowest BCUT2D eigenvalue weighted by Crippen LogP contribution is -2.43. The van der Waals surface area contributed by atoms with Crippen molar-refractivity contribution in [2.24, 2.45) is 4.99 Å². The molecule has 8 nitrogen and oxygen atoms in total. The van der Waals surface area contributed by atoms with Crippen LogP contribution in [0.5, 0.6) is 0 Å². The van der Waals surface area contributed by atoms with Crippen LogP contribution in [0.4, 0.5) is 14.7 Å². The van der Waals surface area contributed by atoms with E-state index in [1.807, 2.05) is 22.7 Å². The lowest BCUT2D eigenvalue weighted by molar-refractivity contribution is -0.0178. The highest BCUT2D eigenvalue weighted by Crippen LogP contribution is 2.37. The predicted molar refractivity (Wildman–Crippen MR) is 139 cm³/mol.